The van der Waals surface area contributed by atoms with Gasteiger partial charge in [0.05, 0.1) is 11.9 Å². The van der Waals surface area contributed by atoms with E-state index in [-0.39, 0.29) is 0 Å². The summed E-state index contributed by atoms with van der Waals surface area (Å²) in [5.74, 6) is -0.825. The zero-order valence-corrected chi connectivity index (χ0v) is 10.4. The Bertz CT molecular complexity index is 576. The van der Waals surface area contributed by atoms with Crippen molar-refractivity contribution in [3.63, 3.8) is 0 Å². The summed E-state index contributed by atoms with van der Waals surface area (Å²) in [7, 11) is 0. The van der Waals surface area contributed by atoms with Crippen LogP contribution in [0.25, 0.3) is 11.3 Å². The van der Waals surface area contributed by atoms with Crippen LogP contribution in [0.5, 0.6) is 0 Å². The Hall–Kier alpha value is -1.75. The topological polar surface area (TPSA) is 40.7 Å². The summed E-state index contributed by atoms with van der Waals surface area (Å²) < 4.78 is 26.0. The van der Waals surface area contributed by atoms with Crippen molar-refractivity contribution in [1.29, 1.82) is 0 Å². The molecule has 2 aromatic rings. The lowest BCUT2D eigenvalue weighted by atomic mass is 10.1. The second kappa shape index (κ2) is 5.09. The maximum atomic E-state index is 13.2. The molecule has 0 saturated heterocycles. The molecule has 1 aromatic heterocycles. The number of benzene rings is 1. The molecule has 1 aliphatic rings. The second-order valence-electron chi connectivity index (χ2n) is 4.85. The minimum Gasteiger partial charge on any atom is -0.342 e. The number of hydrogen-bond acceptors (Lipinski definition) is 2. The maximum absolute atomic E-state index is 13.2. The van der Waals surface area contributed by atoms with E-state index in [2.05, 4.69) is 15.3 Å². The quantitative estimate of drug-likeness (QED) is 0.870. The number of nitrogens with one attached hydrogen (secondary N) is 2. The van der Waals surface area contributed by atoms with Gasteiger partial charge in [0.15, 0.2) is 11.6 Å². The molecule has 0 radical (unpaired) electrons. The number of H-pyrrole nitrogens is 1. The third-order valence-corrected chi connectivity index (χ3v) is 3.23. The Labute approximate surface area is 110 Å². The van der Waals surface area contributed by atoms with Crippen molar-refractivity contribution < 1.29 is 8.78 Å². The first-order valence-corrected chi connectivity index (χ1v) is 6.45. The average Bonchev–Trinajstić information content (AvgIpc) is 3.10. The summed E-state index contributed by atoms with van der Waals surface area (Å²) in [6, 6.07) is 4.52. The molecule has 3 rings (SSSR count). The number of nitrogens with zero attached hydrogens (tertiary/aromatic N) is 1. The molecule has 0 unspecified atom stereocenters. The van der Waals surface area contributed by atoms with Gasteiger partial charge in [0.2, 0.25) is 0 Å². The van der Waals surface area contributed by atoms with Gasteiger partial charge >= 0.3 is 0 Å². The fraction of sp³-hybridized carbons (Fsp3) is 0.357. The molecule has 0 atom stereocenters. The van der Waals surface area contributed by atoms with Crippen LogP contribution in [0.3, 0.4) is 0 Å². The van der Waals surface area contributed by atoms with Crippen LogP contribution in [-0.2, 0) is 6.42 Å². The number of imidazole rings is 1. The molecule has 2 N–H and O–H groups in total. The first-order chi connectivity index (χ1) is 9.22. The number of halogens is 2. The van der Waals surface area contributed by atoms with Crippen molar-refractivity contribution in [2.75, 3.05) is 6.54 Å². The van der Waals surface area contributed by atoms with E-state index in [0.29, 0.717) is 17.3 Å². The first-order valence-electron chi connectivity index (χ1n) is 6.45. The van der Waals surface area contributed by atoms with Crippen LogP contribution in [0.4, 0.5) is 8.78 Å². The number of aromatic amines is 1. The Balaban J connectivity index is 1.67. The molecule has 0 spiro atoms. The fourth-order valence-electron chi connectivity index (χ4n) is 1.98. The van der Waals surface area contributed by atoms with Crippen molar-refractivity contribution in [3.05, 3.63) is 41.9 Å². The van der Waals surface area contributed by atoms with Crippen LogP contribution in [0.15, 0.2) is 24.4 Å². The van der Waals surface area contributed by atoms with E-state index >= 15 is 0 Å². The van der Waals surface area contributed by atoms with E-state index in [1.54, 1.807) is 6.20 Å². The highest BCUT2D eigenvalue weighted by molar-refractivity contribution is 5.58. The van der Waals surface area contributed by atoms with E-state index in [9.17, 15) is 8.78 Å². The highest BCUT2D eigenvalue weighted by atomic mass is 19.2. The second-order valence-corrected chi connectivity index (χ2v) is 4.85. The van der Waals surface area contributed by atoms with E-state index in [0.717, 1.165) is 24.9 Å². The van der Waals surface area contributed by atoms with Crippen molar-refractivity contribution in [2.24, 2.45) is 0 Å². The summed E-state index contributed by atoms with van der Waals surface area (Å²) in [5.41, 5.74) is 1.31. The summed E-state index contributed by atoms with van der Waals surface area (Å²) in [5, 5.41) is 3.40. The normalized spacial score (nSPS) is 14.8. The fourth-order valence-corrected chi connectivity index (χ4v) is 1.98. The molecule has 19 heavy (non-hydrogen) atoms. The van der Waals surface area contributed by atoms with Crippen LogP contribution in [0.1, 0.15) is 18.7 Å². The smallest absolute Gasteiger partial charge is 0.159 e. The van der Waals surface area contributed by atoms with Gasteiger partial charge in [-0.2, -0.15) is 0 Å². The van der Waals surface area contributed by atoms with E-state index in [1.807, 2.05) is 0 Å². The molecule has 1 aliphatic carbocycles. The molecule has 1 heterocycles. The third kappa shape index (κ3) is 2.98. The van der Waals surface area contributed by atoms with Gasteiger partial charge < -0.3 is 10.3 Å². The number of rotatable bonds is 5. The molecule has 5 heteroatoms. The monoisotopic (exact) mass is 263 g/mol. The molecular formula is C14H15F2N3. The Morgan fingerprint density at radius 3 is 2.84 bits per heavy atom. The van der Waals surface area contributed by atoms with Gasteiger partial charge in [-0.1, -0.05) is 0 Å². The molecular weight excluding hydrogens is 248 g/mol. The van der Waals surface area contributed by atoms with Gasteiger partial charge in [0, 0.05) is 24.6 Å². The molecule has 0 aliphatic heterocycles. The zero-order chi connectivity index (χ0) is 13.2. The van der Waals surface area contributed by atoms with Crippen molar-refractivity contribution >= 4 is 0 Å². The van der Waals surface area contributed by atoms with E-state index in [4.69, 9.17) is 0 Å². The highest BCUT2D eigenvalue weighted by Crippen LogP contribution is 2.20. The number of aromatic nitrogens is 2. The van der Waals surface area contributed by atoms with Crippen LogP contribution in [-0.4, -0.2) is 22.6 Å². The largest absolute Gasteiger partial charge is 0.342 e. The molecule has 1 aromatic carbocycles. The summed E-state index contributed by atoms with van der Waals surface area (Å²) in [6.45, 7) is 0.884. The Morgan fingerprint density at radius 2 is 2.11 bits per heavy atom. The maximum Gasteiger partial charge on any atom is 0.159 e. The SMILES string of the molecule is Fc1ccc(-c2cnc(CCNC3CC3)[nH]2)cc1F. The van der Waals surface area contributed by atoms with Crippen molar-refractivity contribution in [1.82, 2.24) is 15.3 Å². The van der Waals surface area contributed by atoms with E-state index < -0.39 is 11.6 Å². The number of hydrogen-bond donors (Lipinski definition) is 2. The minimum absolute atomic E-state index is 0.604. The molecule has 0 bridgehead atoms. The van der Waals surface area contributed by atoms with Crippen LogP contribution >= 0.6 is 0 Å². The lowest BCUT2D eigenvalue weighted by Crippen LogP contribution is -2.19. The summed E-state index contributed by atoms with van der Waals surface area (Å²) in [4.78, 5) is 7.38. The van der Waals surface area contributed by atoms with Gasteiger partial charge in [-0.05, 0) is 31.0 Å². The first kappa shape index (κ1) is 12.3. The highest BCUT2D eigenvalue weighted by Gasteiger charge is 2.19. The van der Waals surface area contributed by atoms with E-state index in [1.165, 1.54) is 25.0 Å². The van der Waals surface area contributed by atoms with Gasteiger partial charge in [0.25, 0.3) is 0 Å². The third-order valence-electron chi connectivity index (χ3n) is 3.23. The van der Waals surface area contributed by atoms with Gasteiger partial charge in [0.1, 0.15) is 5.82 Å². The molecule has 100 valence electrons. The predicted molar refractivity (Wildman–Crippen MR) is 68.7 cm³/mol. The summed E-state index contributed by atoms with van der Waals surface area (Å²) in [6.07, 6.45) is 4.98. The van der Waals surface area contributed by atoms with Crippen LogP contribution < -0.4 is 5.32 Å². The van der Waals surface area contributed by atoms with Crippen molar-refractivity contribution in [3.8, 4) is 11.3 Å². The van der Waals surface area contributed by atoms with Crippen molar-refractivity contribution in [2.45, 2.75) is 25.3 Å². The molecule has 1 fully saturated rings. The Morgan fingerprint density at radius 1 is 1.26 bits per heavy atom. The molecule has 0 amide bonds. The van der Waals surface area contributed by atoms with Crippen LogP contribution in [0.2, 0.25) is 0 Å². The lowest BCUT2D eigenvalue weighted by Gasteiger charge is -2.00. The minimum atomic E-state index is -0.843. The van der Waals surface area contributed by atoms with Gasteiger partial charge in [-0.25, -0.2) is 13.8 Å². The molecule has 1 saturated carbocycles. The predicted octanol–water partition coefficient (Wildman–Crippen LogP) is 2.65. The van der Waals surface area contributed by atoms with Crippen LogP contribution in [0, 0.1) is 11.6 Å². The lowest BCUT2D eigenvalue weighted by molar-refractivity contribution is 0.509. The van der Waals surface area contributed by atoms with Gasteiger partial charge in [-0.3, -0.25) is 0 Å². The Kier molecular flexibility index (Phi) is 3.29. The zero-order valence-electron chi connectivity index (χ0n) is 10.4. The van der Waals surface area contributed by atoms with Gasteiger partial charge in [-0.15, -0.1) is 0 Å². The standard InChI is InChI=1S/C14H15F2N3/c15-11-4-1-9(7-12(11)16)13-8-18-14(19-13)5-6-17-10-2-3-10/h1,4,7-8,10,17H,2-3,5-6H2,(H,18,19). The average molecular weight is 263 g/mol. The summed E-state index contributed by atoms with van der Waals surface area (Å²) >= 11 is 0. The molecule has 3 nitrogen and oxygen atoms in total.